The van der Waals surface area contributed by atoms with E-state index in [0.29, 0.717) is 10.7 Å². The molecule has 0 bridgehead atoms. The summed E-state index contributed by atoms with van der Waals surface area (Å²) in [7, 11) is 0. The maximum absolute atomic E-state index is 13.5. The third kappa shape index (κ3) is 3.38. The van der Waals surface area contributed by atoms with E-state index >= 15 is 0 Å². The molecule has 1 amide bonds. The highest BCUT2D eigenvalue weighted by Gasteiger charge is 2.13. The van der Waals surface area contributed by atoms with Gasteiger partial charge in [0.2, 0.25) is 0 Å². The first-order chi connectivity index (χ1) is 8.97. The Morgan fingerprint density at radius 3 is 2.32 bits per heavy atom. The van der Waals surface area contributed by atoms with Crippen molar-refractivity contribution in [3.05, 3.63) is 62.8 Å². The highest BCUT2D eigenvalue weighted by Crippen LogP contribution is 2.26. The Hall–Kier alpha value is -1.29. The molecule has 1 N–H and O–H groups in total. The predicted octanol–water partition coefficient (Wildman–Crippen LogP) is 5.04. The van der Waals surface area contributed by atoms with Crippen LogP contribution in [-0.4, -0.2) is 5.91 Å². The summed E-state index contributed by atoms with van der Waals surface area (Å²) in [6.45, 7) is 0. The van der Waals surface area contributed by atoms with Crippen molar-refractivity contribution in [2.45, 2.75) is 0 Å². The fraction of sp³-hybridized carbons (Fsp3) is 0. The van der Waals surface area contributed by atoms with E-state index in [4.69, 9.17) is 34.8 Å². The third-order valence-electron chi connectivity index (χ3n) is 2.35. The van der Waals surface area contributed by atoms with Gasteiger partial charge in [-0.1, -0.05) is 34.8 Å². The van der Waals surface area contributed by atoms with Crippen LogP contribution >= 0.6 is 34.8 Å². The van der Waals surface area contributed by atoms with E-state index in [-0.39, 0.29) is 15.6 Å². The first kappa shape index (κ1) is 14.1. The lowest BCUT2D eigenvalue weighted by Crippen LogP contribution is -2.14. The van der Waals surface area contributed by atoms with E-state index in [2.05, 4.69) is 5.32 Å². The van der Waals surface area contributed by atoms with E-state index < -0.39 is 11.7 Å². The minimum atomic E-state index is -0.660. The fourth-order valence-electron chi connectivity index (χ4n) is 1.45. The second-order valence-corrected chi connectivity index (χ2v) is 4.98. The molecule has 0 aliphatic rings. The van der Waals surface area contributed by atoms with Crippen LogP contribution in [0.3, 0.4) is 0 Å². The average Bonchev–Trinajstić information content (AvgIpc) is 2.35. The summed E-state index contributed by atoms with van der Waals surface area (Å²) in [5.41, 5.74) is 0.189. The summed E-state index contributed by atoms with van der Waals surface area (Å²) >= 11 is 17.4. The van der Waals surface area contributed by atoms with Crippen LogP contribution < -0.4 is 5.32 Å². The largest absolute Gasteiger partial charge is 0.321 e. The monoisotopic (exact) mass is 317 g/mol. The fourth-order valence-corrected chi connectivity index (χ4v) is 2.08. The van der Waals surface area contributed by atoms with Crippen molar-refractivity contribution in [3.8, 4) is 0 Å². The number of benzene rings is 2. The Balaban J connectivity index is 2.28. The molecule has 0 saturated heterocycles. The maximum Gasteiger partial charge on any atom is 0.258 e. The zero-order valence-corrected chi connectivity index (χ0v) is 11.7. The van der Waals surface area contributed by atoms with Gasteiger partial charge in [-0.2, -0.15) is 0 Å². The molecule has 0 aliphatic heterocycles. The molecule has 2 aromatic carbocycles. The second kappa shape index (κ2) is 5.78. The number of hydrogen-bond donors (Lipinski definition) is 1. The van der Waals surface area contributed by atoms with Gasteiger partial charge in [0.05, 0.1) is 16.3 Å². The van der Waals surface area contributed by atoms with Gasteiger partial charge in [0.1, 0.15) is 5.82 Å². The van der Waals surface area contributed by atoms with Crippen molar-refractivity contribution in [3.63, 3.8) is 0 Å². The summed E-state index contributed by atoms with van der Waals surface area (Å²) < 4.78 is 13.5. The van der Waals surface area contributed by atoms with Crippen molar-refractivity contribution in [2.75, 3.05) is 5.32 Å². The molecule has 0 spiro atoms. The molecule has 0 aliphatic carbocycles. The Bertz CT molecular complexity index is 646. The van der Waals surface area contributed by atoms with Gasteiger partial charge in [-0.15, -0.1) is 0 Å². The smallest absolute Gasteiger partial charge is 0.258 e. The topological polar surface area (TPSA) is 29.1 Å². The molecule has 0 aromatic heterocycles. The van der Waals surface area contributed by atoms with Crippen molar-refractivity contribution < 1.29 is 9.18 Å². The molecule has 0 radical (unpaired) electrons. The van der Waals surface area contributed by atoms with Gasteiger partial charge in [0.25, 0.3) is 5.91 Å². The first-order valence-corrected chi connectivity index (χ1v) is 6.32. The predicted molar refractivity (Wildman–Crippen MR) is 75.8 cm³/mol. The van der Waals surface area contributed by atoms with Gasteiger partial charge in [0, 0.05) is 10.0 Å². The zero-order chi connectivity index (χ0) is 14.0. The first-order valence-electron chi connectivity index (χ1n) is 5.19. The van der Waals surface area contributed by atoms with Crippen LogP contribution in [0, 0.1) is 5.82 Å². The third-order valence-corrected chi connectivity index (χ3v) is 3.14. The molecule has 98 valence electrons. The number of anilines is 1. The summed E-state index contributed by atoms with van der Waals surface area (Å²) in [5, 5.41) is 3.47. The van der Waals surface area contributed by atoms with Gasteiger partial charge in [-0.25, -0.2) is 4.39 Å². The number of hydrogen-bond acceptors (Lipinski definition) is 1. The SMILES string of the molecule is O=C(Nc1ccc(Cl)cc1Cl)c1cc(Cl)ccc1F. The minimum absolute atomic E-state index is 0.154. The molecule has 2 aromatic rings. The number of rotatable bonds is 2. The van der Waals surface area contributed by atoms with Crippen molar-refractivity contribution >= 4 is 46.4 Å². The van der Waals surface area contributed by atoms with E-state index in [1.54, 1.807) is 6.07 Å². The van der Waals surface area contributed by atoms with Crippen molar-refractivity contribution in [1.82, 2.24) is 0 Å². The Morgan fingerprint density at radius 1 is 1.00 bits per heavy atom. The maximum atomic E-state index is 13.5. The highest BCUT2D eigenvalue weighted by atomic mass is 35.5. The minimum Gasteiger partial charge on any atom is -0.321 e. The number of halogens is 4. The molecule has 0 heterocycles. The van der Waals surface area contributed by atoms with Crippen LogP contribution in [-0.2, 0) is 0 Å². The number of carbonyl (C=O) groups excluding carboxylic acids is 1. The summed E-state index contributed by atoms with van der Waals surface area (Å²) in [6.07, 6.45) is 0. The average molecular weight is 319 g/mol. The van der Waals surface area contributed by atoms with Crippen LogP contribution in [0.25, 0.3) is 0 Å². The van der Waals surface area contributed by atoms with E-state index in [1.807, 2.05) is 0 Å². The van der Waals surface area contributed by atoms with Gasteiger partial charge in [-0.05, 0) is 36.4 Å². The lowest BCUT2D eigenvalue weighted by molar-refractivity contribution is 0.102. The van der Waals surface area contributed by atoms with Gasteiger partial charge < -0.3 is 5.32 Å². The molecule has 2 rings (SSSR count). The van der Waals surface area contributed by atoms with E-state index in [0.717, 1.165) is 6.07 Å². The van der Waals surface area contributed by atoms with Crippen LogP contribution in [0.4, 0.5) is 10.1 Å². The second-order valence-electron chi connectivity index (χ2n) is 3.70. The molecule has 0 saturated carbocycles. The van der Waals surface area contributed by atoms with Crippen LogP contribution in [0.5, 0.6) is 0 Å². The van der Waals surface area contributed by atoms with Gasteiger partial charge >= 0.3 is 0 Å². The molecular formula is C13H7Cl3FNO. The molecular weight excluding hydrogens is 312 g/mol. The van der Waals surface area contributed by atoms with E-state index in [9.17, 15) is 9.18 Å². The van der Waals surface area contributed by atoms with E-state index in [1.165, 1.54) is 24.3 Å². The van der Waals surface area contributed by atoms with Crippen LogP contribution in [0.15, 0.2) is 36.4 Å². The summed E-state index contributed by atoms with van der Waals surface area (Å²) in [5.74, 6) is -1.30. The lowest BCUT2D eigenvalue weighted by Gasteiger charge is -2.08. The quantitative estimate of drug-likeness (QED) is 0.826. The standard InChI is InChI=1S/C13H7Cl3FNO/c14-7-1-3-11(17)9(5-7)13(19)18-12-4-2-8(15)6-10(12)16/h1-6H,(H,18,19). The molecule has 19 heavy (non-hydrogen) atoms. The number of carbonyl (C=O) groups is 1. The van der Waals surface area contributed by atoms with Crippen molar-refractivity contribution in [1.29, 1.82) is 0 Å². The molecule has 6 heteroatoms. The molecule has 0 fully saturated rings. The van der Waals surface area contributed by atoms with Gasteiger partial charge in [0.15, 0.2) is 0 Å². The Morgan fingerprint density at radius 2 is 1.63 bits per heavy atom. The molecule has 0 unspecified atom stereocenters. The van der Waals surface area contributed by atoms with Crippen LogP contribution in [0.1, 0.15) is 10.4 Å². The normalized spacial score (nSPS) is 10.3. The summed E-state index contributed by atoms with van der Waals surface area (Å²) in [4.78, 5) is 11.9. The van der Waals surface area contributed by atoms with Gasteiger partial charge in [-0.3, -0.25) is 4.79 Å². The van der Waals surface area contributed by atoms with Crippen LogP contribution in [0.2, 0.25) is 15.1 Å². The molecule has 2 nitrogen and oxygen atoms in total. The Labute approximate surface area is 124 Å². The molecule has 0 atom stereocenters. The number of nitrogens with one attached hydrogen (secondary N) is 1. The summed E-state index contributed by atoms with van der Waals surface area (Å²) in [6, 6.07) is 8.31. The zero-order valence-electron chi connectivity index (χ0n) is 9.38. The highest BCUT2D eigenvalue weighted by molar-refractivity contribution is 6.37. The Kier molecular flexibility index (Phi) is 4.30. The van der Waals surface area contributed by atoms with Crippen molar-refractivity contribution in [2.24, 2.45) is 0 Å². The lowest BCUT2D eigenvalue weighted by atomic mass is 10.2. The number of amides is 1.